The van der Waals surface area contributed by atoms with Crippen LogP contribution in [-0.2, 0) is 22.4 Å². The van der Waals surface area contributed by atoms with Gasteiger partial charge in [-0.15, -0.1) is 0 Å². The molecular weight excluding hydrogens is 716 g/mol. The summed E-state index contributed by atoms with van der Waals surface area (Å²) in [6, 6.07) is 15.4. The Morgan fingerprint density at radius 3 is 1.81 bits per heavy atom. The minimum Gasteiger partial charge on any atom is -0.484 e. The number of likely N-dealkylation sites (N-methyl/N-ethyl adjacent to an activating group) is 2. The van der Waals surface area contributed by atoms with Crippen LogP contribution in [0.4, 0.5) is 11.6 Å². The van der Waals surface area contributed by atoms with E-state index < -0.39 is 5.91 Å². The highest BCUT2D eigenvalue weighted by atomic mass is 35.5. The van der Waals surface area contributed by atoms with Crippen molar-refractivity contribution < 1.29 is 38.6 Å². The average Bonchev–Trinajstić information content (AvgIpc) is 3.15. The fourth-order valence-electron chi connectivity index (χ4n) is 6.62. The van der Waals surface area contributed by atoms with Gasteiger partial charge in [-0.05, 0) is 61.1 Å². The van der Waals surface area contributed by atoms with Crippen LogP contribution in [0.25, 0.3) is 0 Å². The summed E-state index contributed by atoms with van der Waals surface area (Å²) in [6.45, 7) is 3.68. The number of nitrogens with one attached hydrogen (secondary N) is 1. The third-order valence-electron chi connectivity index (χ3n) is 9.74. The van der Waals surface area contributed by atoms with Crippen molar-refractivity contribution in [2.24, 2.45) is 0 Å². The van der Waals surface area contributed by atoms with E-state index in [0.29, 0.717) is 11.5 Å². The van der Waals surface area contributed by atoms with Crippen molar-refractivity contribution in [1.82, 2.24) is 25.1 Å². The van der Waals surface area contributed by atoms with Gasteiger partial charge < -0.3 is 50.8 Å². The van der Waals surface area contributed by atoms with Crippen molar-refractivity contribution in [3.8, 4) is 11.5 Å². The molecule has 1 atom stereocenters. The molecule has 7 N–H and O–H groups in total. The van der Waals surface area contributed by atoms with Crippen LogP contribution in [0.1, 0.15) is 47.3 Å². The number of halogens is 1. The predicted molar refractivity (Wildman–Crippen MR) is 206 cm³/mol. The molecule has 0 radical (unpaired) electrons. The fourth-order valence-corrected chi connectivity index (χ4v) is 6.75. The Bertz CT molecular complexity index is 1600. The van der Waals surface area contributed by atoms with Crippen LogP contribution in [-0.4, -0.2) is 138 Å². The van der Waals surface area contributed by atoms with Crippen LogP contribution in [0.15, 0.2) is 48.5 Å². The van der Waals surface area contributed by atoms with Crippen LogP contribution < -0.4 is 26.3 Å². The Hall–Kier alpha value is -4.70. The summed E-state index contributed by atoms with van der Waals surface area (Å²) in [5.74, 6) is 0.274. The summed E-state index contributed by atoms with van der Waals surface area (Å²) in [7, 11) is 3.25. The number of nitrogens with two attached hydrogens (primary N) is 2. The zero-order chi connectivity index (χ0) is 39.1. The van der Waals surface area contributed by atoms with E-state index in [9.17, 15) is 14.4 Å². The van der Waals surface area contributed by atoms with E-state index in [-0.39, 0.29) is 79.9 Å². The molecule has 0 aliphatic carbocycles. The minimum atomic E-state index is -0.431. The molecule has 0 saturated carbocycles. The van der Waals surface area contributed by atoms with Gasteiger partial charge >= 0.3 is 0 Å². The molecule has 0 bridgehead atoms. The molecular formula is C38H54ClN8O7+. The number of ether oxygens (including phenoxy) is 2. The maximum Gasteiger partial charge on any atom is 0.274 e. The second-order valence-electron chi connectivity index (χ2n) is 13.8. The van der Waals surface area contributed by atoms with Crippen LogP contribution in [0.2, 0.25) is 5.15 Å². The van der Waals surface area contributed by atoms with E-state index >= 15 is 0 Å². The van der Waals surface area contributed by atoms with E-state index in [0.717, 1.165) is 80.3 Å². The third-order valence-corrected chi connectivity index (χ3v) is 10.0. The first-order valence-electron chi connectivity index (χ1n) is 18.3. The molecule has 0 spiro atoms. The zero-order valence-corrected chi connectivity index (χ0v) is 32.0. The lowest BCUT2D eigenvalue weighted by Gasteiger charge is -2.45. The Morgan fingerprint density at radius 2 is 1.33 bits per heavy atom. The van der Waals surface area contributed by atoms with Gasteiger partial charge in [-0.3, -0.25) is 14.4 Å². The Kier molecular flexibility index (Phi) is 16.1. The van der Waals surface area contributed by atoms with Gasteiger partial charge in [0.05, 0.1) is 45.4 Å². The van der Waals surface area contributed by atoms with Crippen LogP contribution in [0.3, 0.4) is 0 Å². The first-order valence-corrected chi connectivity index (χ1v) is 18.7. The van der Waals surface area contributed by atoms with Crippen LogP contribution in [0, 0.1) is 0 Å². The van der Waals surface area contributed by atoms with Gasteiger partial charge in [-0.25, -0.2) is 9.97 Å². The summed E-state index contributed by atoms with van der Waals surface area (Å²) in [4.78, 5) is 48.5. The Labute approximate surface area is 321 Å². The molecule has 1 aromatic heterocycles. The van der Waals surface area contributed by atoms with E-state index in [4.69, 9.17) is 42.8 Å². The lowest BCUT2D eigenvalue weighted by Crippen LogP contribution is -2.60. The van der Waals surface area contributed by atoms with Crippen molar-refractivity contribution in [1.29, 1.82) is 0 Å². The average molecular weight is 770 g/mol. The lowest BCUT2D eigenvalue weighted by atomic mass is 9.99. The molecule has 1 fully saturated rings. The van der Waals surface area contributed by atoms with Crippen molar-refractivity contribution in [3.05, 3.63) is 70.5 Å². The number of carbonyl (C=O) groups is 3. The number of likely N-dealkylation sites (tertiary alicyclic amines) is 1. The largest absolute Gasteiger partial charge is 0.484 e. The molecule has 1 aliphatic rings. The normalized spacial score (nSPS) is 14.9. The van der Waals surface area contributed by atoms with Gasteiger partial charge in [0.15, 0.2) is 35.7 Å². The summed E-state index contributed by atoms with van der Waals surface area (Å²) in [6.07, 6.45) is 5.31. The van der Waals surface area contributed by atoms with E-state index in [2.05, 4.69) is 15.3 Å². The molecule has 15 nitrogen and oxygen atoms in total. The van der Waals surface area contributed by atoms with Gasteiger partial charge in [-0.1, -0.05) is 35.9 Å². The Balaban J connectivity index is 1.37. The number of benzene rings is 2. The number of aryl methyl sites for hydroxylation is 2. The van der Waals surface area contributed by atoms with E-state index in [1.54, 1.807) is 14.1 Å². The molecule has 3 amide bonds. The van der Waals surface area contributed by atoms with Crippen LogP contribution in [0.5, 0.6) is 11.5 Å². The SMILES string of the molecule is CN(CCO)C(=O)COc1ccc(CCC[N+]2(CCCc3ccc(OCC(=O)N(C)CCO)cc3)CCC[C@H](NC(=O)c3nc(Cl)c(N)nc3N)C2)cc1. The topological polar surface area (TPSA) is 206 Å². The summed E-state index contributed by atoms with van der Waals surface area (Å²) < 4.78 is 12.2. The second kappa shape index (κ2) is 20.7. The number of carbonyl (C=O) groups excluding carboxylic acids is 3. The van der Waals surface area contributed by atoms with Crippen molar-refractivity contribution >= 4 is 41.0 Å². The number of hydrogen-bond donors (Lipinski definition) is 5. The number of rotatable bonds is 20. The number of anilines is 2. The first-order chi connectivity index (χ1) is 25.9. The molecule has 1 saturated heterocycles. The number of aliphatic hydroxyl groups is 2. The predicted octanol–water partition coefficient (Wildman–Crippen LogP) is 1.93. The van der Waals surface area contributed by atoms with Gasteiger partial charge in [0, 0.05) is 40.0 Å². The summed E-state index contributed by atoms with van der Waals surface area (Å²) in [5.41, 5.74) is 14.0. The van der Waals surface area contributed by atoms with Crippen LogP contribution >= 0.6 is 11.6 Å². The van der Waals surface area contributed by atoms with Gasteiger partial charge in [0.25, 0.3) is 17.7 Å². The number of piperidine rings is 1. The quantitative estimate of drug-likeness (QED) is 0.105. The number of quaternary nitrogens is 1. The van der Waals surface area contributed by atoms with Gasteiger partial charge in [0.2, 0.25) is 0 Å². The minimum absolute atomic E-state index is 0.0299. The molecule has 4 rings (SSSR count). The van der Waals surface area contributed by atoms with Gasteiger partial charge in [0.1, 0.15) is 11.5 Å². The van der Waals surface area contributed by atoms with E-state index in [1.165, 1.54) is 9.80 Å². The first kappa shape index (κ1) is 42.0. The highest BCUT2D eigenvalue weighted by Crippen LogP contribution is 2.25. The number of aliphatic hydroxyl groups excluding tert-OH is 2. The highest BCUT2D eigenvalue weighted by molar-refractivity contribution is 6.31. The molecule has 16 heteroatoms. The molecule has 2 heterocycles. The maximum atomic E-state index is 13.3. The number of hydrogen-bond acceptors (Lipinski definition) is 11. The number of nitrogens with zero attached hydrogens (tertiary/aromatic N) is 5. The number of aromatic nitrogens is 2. The smallest absolute Gasteiger partial charge is 0.274 e. The molecule has 294 valence electrons. The van der Waals surface area contributed by atoms with Crippen molar-refractivity contribution in [3.63, 3.8) is 0 Å². The maximum absolute atomic E-state index is 13.3. The number of nitrogen functional groups attached to an aromatic ring is 2. The standard InChI is InChI=1S/C38H53ClN8O7/c1-45(17-22-48)32(50)25-53-30-13-9-27(10-14-30)6-3-19-47(20-4-7-28-11-15-31(16-12-28)54-26-33(51)46(2)18-23-49)21-5-8-29(24-47)42-38(52)34-36(40)44-37(41)35(39)43-34/h9-16,29,48-49H,3-8,17-26H2,1-2H3,(H4-,40,41,42,44,52)/p+1/t29-/m0/s1. The molecule has 54 heavy (non-hydrogen) atoms. The summed E-state index contributed by atoms with van der Waals surface area (Å²) >= 11 is 6.05. The molecule has 2 aromatic carbocycles. The Morgan fingerprint density at radius 1 is 0.833 bits per heavy atom. The monoisotopic (exact) mass is 769 g/mol. The molecule has 1 aliphatic heterocycles. The summed E-state index contributed by atoms with van der Waals surface area (Å²) in [5, 5.41) is 21.2. The fraction of sp³-hybridized carbons (Fsp3) is 0.500. The molecule has 3 aromatic rings. The second-order valence-corrected chi connectivity index (χ2v) is 14.1. The van der Waals surface area contributed by atoms with E-state index in [1.807, 2.05) is 48.5 Å². The van der Waals surface area contributed by atoms with Crippen molar-refractivity contribution in [2.45, 2.75) is 44.6 Å². The van der Waals surface area contributed by atoms with Crippen molar-refractivity contribution in [2.75, 3.05) is 91.3 Å². The molecule has 0 unspecified atom stereocenters. The van der Waals surface area contributed by atoms with Gasteiger partial charge in [-0.2, -0.15) is 0 Å². The number of amides is 3. The highest BCUT2D eigenvalue weighted by Gasteiger charge is 2.35. The lowest BCUT2D eigenvalue weighted by molar-refractivity contribution is -0.933. The zero-order valence-electron chi connectivity index (χ0n) is 31.2. The third kappa shape index (κ3) is 12.7.